The van der Waals surface area contributed by atoms with Crippen LogP contribution in [0.3, 0.4) is 0 Å². The van der Waals surface area contributed by atoms with Gasteiger partial charge in [-0.1, -0.05) is 19.1 Å². The van der Waals surface area contributed by atoms with Crippen molar-refractivity contribution in [3.05, 3.63) is 56.8 Å². The molecule has 1 aromatic carbocycles. The van der Waals surface area contributed by atoms with Crippen LogP contribution in [0.1, 0.15) is 43.0 Å². The van der Waals surface area contributed by atoms with Crippen LogP contribution in [0.15, 0.2) is 30.3 Å². The zero-order valence-electron chi connectivity index (χ0n) is 13.0. The van der Waals surface area contributed by atoms with Gasteiger partial charge in [0, 0.05) is 24.0 Å². The van der Waals surface area contributed by atoms with Crippen molar-refractivity contribution in [2.24, 2.45) is 0 Å². The van der Waals surface area contributed by atoms with Gasteiger partial charge in [-0.25, -0.2) is 0 Å². The van der Waals surface area contributed by atoms with Crippen LogP contribution in [0.2, 0.25) is 0 Å². The molecule has 4 nitrogen and oxygen atoms in total. The van der Waals surface area contributed by atoms with Crippen molar-refractivity contribution in [2.45, 2.75) is 26.8 Å². The fourth-order valence-corrected chi connectivity index (χ4v) is 3.20. The van der Waals surface area contributed by atoms with Crippen molar-refractivity contribution < 1.29 is 9.59 Å². The number of carbonyl (C=O) groups is 2. The number of aryl methyl sites for hydroxylation is 2. The summed E-state index contributed by atoms with van der Waals surface area (Å²) in [6.45, 7) is 4.57. The summed E-state index contributed by atoms with van der Waals surface area (Å²) in [4.78, 5) is 25.6. The number of nitrogens with one attached hydrogen (secondary N) is 2. The summed E-state index contributed by atoms with van der Waals surface area (Å²) >= 11 is 1.55. The highest BCUT2D eigenvalue weighted by atomic mass is 32.1. The standard InChI is InChI=1S/C17H20N2O2S/c1-4-14-11(2)9-15(22-14)17(21)19-10-12-5-7-13(8-6-12)16(20)18-3/h5-9H,4,10H2,1-3H3,(H,18,20)(H,19,21). The topological polar surface area (TPSA) is 58.2 Å². The van der Waals surface area contributed by atoms with E-state index in [-0.39, 0.29) is 11.8 Å². The molecule has 5 heteroatoms. The van der Waals surface area contributed by atoms with E-state index in [0.717, 1.165) is 16.9 Å². The van der Waals surface area contributed by atoms with E-state index in [1.165, 1.54) is 10.4 Å². The Hall–Kier alpha value is -2.14. The summed E-state index contributed by atoms with van der Waals surface area (Å²) in [6, 6.07) is 9.15. The summed E-state index contributed by atoms with van der Waals surface area (Å²) in [5.41, 5.74) is 2.75. The monoisotopic (exact) mass is 316 g/mol. The molecular weight excluding hydrogens is 296 g/mol. The molecule has 0 atom stereocenters. The first-order chi connectivity index (χ1) is 10.5. The number of hydrogen-bond acceptors (Lipinski definition) is 3. The number of rotatable bonds is 5. The first-order valence-corrected chi connectivity index (χ1v) is 8.05. The lowest BCUT2D eigenvalue weighted by atomic mass is 10.1. The summed E-state index contributed by atoms with van der Waals surface area (Å²) in [5, 5.41) is 5.49. The Balaban J connectivity index is 1.97. The van der Waals surface area contributed by atoms with Gasteiger partial charge in [0.25, 0.3) is 11.8 Å². The highest BCUT2D eigenvalue weighted by Crippen LogP contribution is 2.22. The van der Waals surface area contributed by atoms with E-state index in [9.17, 15) is 9.59 Å². The summed E-state index contributed by atoms with van der Waals surface area (Å²) < 4.78 is 0. The van der Waals surface area contributed by atoms with E-state index in [1.807, 2.05) is 25.1 Å². The van der Waals surface area contributed by atoms with E-state index in [1.54, 1.807) is 30.5 Å². The molecular formula is C17H20N2O2S. The Labute approximate surface area is 134 Å². The Bertz CT molecular complexity index is 674. The molecule has 2 rings (SSSR count). The largest absolute Gasteiger partial charge is 0.355 e. The van der Waals surface area contributed by atoms with Crippen molar-refractivity contribution in [3.8, 4) is 0 Å². The van der Waals surface area contributed by atoms with Crippen LogP contribution >= 0.6 is 11.3 Å². The molecule has 0 aliphatic carbocycles. The van der Waals surface area contributed by atoms with Gasteiger partial charge in [0.15, 0.2) is 0 Å². The van der Waals surface area contributed by atoms with Gasteiger partial charge in [-0.3, -0.25) is 9.59 Å². The van der Waals surface area contributed by atoms with Crippen molar-refractivity contribution in [3.63, 3.8) is 0 Å². The molecule has 0 spiro atoms. The van der Waals surface area contributed by atoms with E-state index in [4.69, 9.17) is 0 Å². The molecule has 0 radical (unpaired) electrons. The maximum absolute atomic E-state index is 12.2. The maximum atomic E-state index is 12.2. The average Bonchev–Trinajstić information content (AvgIpc) is 2.93. The molecule has 1 aromatic heterocycles. The van der Waals surface area contributed by atoms with E-state index < -0.39 is 0 Å². The number of carbonyl (C=O) groups excluding carboxylic acids is 2. The minimum atomic E-state index is -0.114. The van der Waals surface area contributed by atoms with Crippen LogP contribution < -0.4 is 10.6 Å². The Morgan fingerprint density at radius 3 is 2.36 bits per heavy atom. The lowest BCUT2D eigenvalue weighted by molar-refractivity contribution is 0.0949. The van der Waals surface area contributed by atoms with Crippen molar-refractivity contribution >= 4 is 23.2 Å². The van der Waals surface area contributed by atoms with Gasteiger partial charge in [-0.05, 0) is 42.7 Å². The van der Waals surface area contributed by atoms with Gasteiger partial charge in [-0.2, -0.15) is 0 Å². The molecule has 0 fully saturated rings. The van der Waals surface area contributed by atoms with Crippen LogP contribution in [0.25, 0.3) is 0 Å². The molecule has 2 aromatic rings. The van der Waals surface area contributed by atoms with Crippen LogP contribution in [-0.2, 0) is 13.0 Å². The molecule has 1 heterocycles. The predicted molar refractivity (Wildman–Crippen MR) is 89.4 cm³/mol. The third-order valence-corrected chi connectivity index (χ3v) is 4.84. The van der Waals surface area contributed by atoms with Gasteiger partial charge in [0.2, 0.25) is 0 Å². The summed E-state index contributed by atoms with van der Waals surface area (Å²) in [5.74, 6) is -0.167. The van der Waals surface area contributed by atoms with E-state index >= 15 is 0 Å². The second-order valence-electron chi connectivity index (χ2n) is 5.03. The van der Waals surface area contributed by atoms with Crippen LogP contribution in [-0.4, -0.2) is 18.9 Å². The van der Waals surface area contributed by atoms with E-state index in [2.05, 4.69) is 17.6 Å². The molecule has 116 valence electrons. The highest BCUT2D eigenvalue weighted by molar-refractivity contribution is 7.14. The summed E-state index contributed by atoms with van der Waals surface area (Å²) in [6.07, 6.45) is 0.949. The predicted octanol–water partition coefficient (Wildman–Crippen LogP) is 2.91. The smallest absolute Gasteiger partial charge is 0.261 e. The SMILES string of the molecule is CCc1sc(C(=O)NCc2ccc(C(=O)NC)cc2)cc1C. The van der Waals surface area contributed by atoms with Crippen molar-refractivity contribution in [2.75, 3.05) is 7.05 Å². The van der Waals surface area contributed by atoms with Gasteiger partial charge < -0.3 is 10.6 Å². The van der Waals surface area contributed by atoms with Gasteiger partial charge in [-0.15, -0.1) is 11.3 Å². The molecule has 2 N–H and O–H groups in total. The Morgan fingerprint density at radius 2 is 1.82 bits per heavy atom. The zero-order chi connectivity index (χ0) is 16.1. The molecule has 0 aliphatic rings. The second-order valence-corrected chi connectivity index (χ2v) is 6.17. The minimum Gasteiger partial charge on any atom is -0.355 e. The van der Waals surface area contributed by atoms with Crippen molar-refractivity contribution in [1.29, 1.82) is 0 Å². The third kappa shape index (κ3) is 3.74. The maximum Gasteiger partial charge on any atom is 0.261 e. The molecule has 0 bridgehead atoms. The molecule has 2 amide bonds. The van der Waals surface area contributed by atoms with Crippen molar-refractivity contribution in [1.82, 2.24) is 10.6 Å². The average molecular weight is 316 g/mol. The normalized spacial score (nSPS) is 10.3. The molecule has 0 unspecified atom stereocenters. The number of benzene rings is 1. The quantitative estimate of drug-likeness (QED) is 0.891. The molecule has 0 saturated heterocycles. The fraction of sp³-hybridized carbons (Fsp3) is 0.294. The first kappa shape index (κ1) is 16.2. The molecule has 0 aliphatic heterocycles. The first-order valence-electron chi connectivity index (χ1n) is 7.23. The van der Waals surface area contributed by atoms with Crippen LogP contribution in [0.4, 0.5) is 0 Å². The highest BCUT2D eigenvalue weighted by Gasteiger charge is 2.11. The lowest BCUT2D eigenvalue weighted by Crippen LogP contribution is -2.22. The van der Waals surface area contributed by atoms with Crippen LogP contribution in [0.5, 0.6) is 0 Å². The zero-order valence-corrected chi connectivity index (χ0v) is 13.8. The fourth-order valence-electron chi connectivity index (χ4n) is 2.17. The van der Waals surface area contributed by atoms with Gasteiger partial charge in [0.1, 0.15) is 0 Å². The lowest BCUT2D eigenvalue weighted by Gasteiger charge is -2.05. The number of amides is 2. The van der Waals surface area contributed by atoms with Gasteiger partial charge >= 0.3 is 0 Å². The molecule has 22 heavy (non-hydrogen) atoms. The Morgan fingerprint density at radius 1 is 1.14 bits per heavy atom. The summed E-state index contributed by atoms with van der Waals surface area (Å²) in [7, 11) is 1.60. The number of hydrogen-bond donors (Lipinski definition) is 2. The van der Waals surface area contributed by atoms with Crippen LogP contribution in [0, 0.1) is 6.92 Å². The third-order valence-electron chi connectivity index (χ3n) is 3.46. The van der Waals surface area contributed by atoms with Gasteiger partial charge in [0.05, 0.1) is 4.88 Å². The minimum absolute atomic E-state index is 0.0526. The number of thiophene rings is 1. The van der Waals surface area contributed by atoms with E-state index in [0.29, 0.717) is 12.1 Å². The Kier molecular flexibility index (Phi) is 5.33. The molecule has 0 saturated carbocycles. The second kappa shape index (κ2) is 7.22.